The first-order valence-electron chi connectivity index (χ1n) is 9.69. The van der Waals surface area contributed by atoms with Gasteiger partial charge in [-0.2, -0.15) is 0 Å². The van der Waals surface area contributed by atoms with Crippen molar-refractivity contribution in [3.63, 3.8) is 0 Å². The summed E-state index contributed by atoms with van der Waals surface area (Å²) in [7, 11) is 0. The van der Waals surface area contributed by atoms with Crippen LogP contribution in [0.3, 0.4) is 0 Å². The van der Waals surface area contributed by atoms with Crippen LogP contribution in [0.5, 0.6) is 0 Å². The molecule has 152 valence electrons. The van der Waals surface area contributed by atoms with Crippen molar-refractivity contribution in [2.24, 2.45) is 5.92 Å². The number of para-hydroxylation sites is 1. The molecule has 1 N–H and O–H groups in total. The van der Waals surface area contributed by atoms with Gasteiger partial charge in [-0.25, -0.2) is 0 Å². The van der Waals surface area contributed by atoms with Crippen LogP contribution in [0.15, 0.2) is 51.7 Å². The van der Waals surface area contributed by atoms with Crippen LogP contribution in [0.25, 0.3) is 0 Å². The van der Waals surface area contributed by atoms with Crippen molar-refractivity contribution in [2.75, 3.05) is 24.5 Å². The number of piperidine rings is 1. The molecule has 2 fully saturated rings. The largest absolute Gasteiger partial charge is 0.472 e. The van der Waals surface area contributed by atoms with Gasteiger partial charge in [0.2, 0.25) is 11.8 Å². The Morgan fingerprint density at radius 2 is 1.90 bits per heavy atom. The van der Waals surface area contributed by atoms with Gasteiger partial charge >= 0.3 is 0 Å². The molecule has 29 heavy (non-hydrogen) atoms. The van der Waals surface area contributed by atoms with Gasteiger partial charge in [-0.05, 0) is 47.0 Å². The molecule has 1 atom stereocenters. The maximum Gasteiger partial charge on any atom is 0.257 e. The van der Waals surface area contributed by atoms with E-state index in [1.165, 1.54) is 12.5 Å². The molecule has 2 saturated heterocycles. The minimum absolute atomic E-state index is 0.0171. The lowest BCUT2D eigenvalue weighted by atomic mass is 10.0. The molecule has 2 aliphatic heterocycles. The molecular formula is C21H22BrN3O4. The normalized spacial score (nSPS) is 20.2. The molecule has 3 amide bonds. The maximum atomic E-state index is 12.7. The van der Waals surface area contributed by atoms with E-state index >= 15 is 0 Å². The first kappa shape index (κ1) is 19.7. The van der Waals surface area contributed by atoms with E-state index in [0.29, 0.717) is 38.0 Å². The summed E-state index contributed by atoms with van der Waals surface area (Å²) in [6.07, 6.45) is 4.55. The van der Waals surface area contributed by atoms with E-state index < -0.39 is 0 Å². The number of furan rings is 1. The Labute approximate surface area is 177 Å². The average Bonchev–Trinajstić information content (AvgIpc) is 3.39. The Kier molecular flexibility index (Phi) is 5.71. The number of halogens is 1. The summed E-state index contributed by atoms with van der Waals surface area (Å²) in [6.45, 7) is 1.55. The van der Waals surface area contributed by atoms with Crippen molar-refractivity contribution in [1.82, 2.24) is 10.2 Å². The van der Waals surface area contributed by atoms with Gasteiger partial charge in [-0.3, -0.25) is 14.4 Å². The fourth-order valence-electron chi connectivity index (χ4n) is 3.90. The molecule has 7 nitrogen and oxygen atoms in total. The van der Waals surface area contributed by atoms with Gasteiger partial charge in [-0.15, -0.1) is 0 Å². The second-order valence-corrected chi connectivity index (χ2v) is 8.30. The number of carbonyl (C=O) groups excluding carboxylic acids is 3. The van der Waals surface area contributed by atoms with Gasteiger partial charge in [0, 0.05) is 36.6 Å². The van der Waals surface area contributed by atoms with Crippen LogP contribution in [-0.4, -0.2) is 48.3 Å². The fourth-order valence-corrected chi connectivity index (χ4v) is 4.40. The highest BCUT2D eigenvalue weighted by molar-refractivity contribution is 9.10. The molecule has 0 radical (unpaired) electrons. The summed E-state index contributed by atoms with van der Waals surface area (Å²) < 4.78 is 5.81. The standard InChI is InChI=1S/C21H22BrN3O4/c22-17-3-1-2-4-18(17)25-12-15(11-19(25)26)20(27)23-16-5-8-24(9-6-16)21(28)14-7-10-29-13-14/h1-4,7,10,13,15-16H,5-6,8-9,11-12H2,(H,23,27). The van der Waals surface area contributed by atoms with E-state index in [1.54, 1.807) is 15.9 Å². The number of nitrogens with zero attached hydrogens (tertiary/aromatic N) is 2. The Balaban J connectivity index is 1.30. The number of benzene rings is 1. The third-order valence-electron chi connectivity index (χ3n) is 5.54. The number of rotatable bonds is 4. The Bertz CT molecular complexity index is 906. The average molecular weight is 460 g/mol. The van der Waals surface area contributed by atoms with E-state index in [2.05, 4.69) is 21.2 Å². The van der Waals surface area contributed by atoms with Gasteiger partial charge in [-0.1, -0.05) is 12.1 Å². The number of carbonyl (C=O) groups is 3. The number of hydrogen-bond acceptors (Lipinski definition) is 4. The highest BCUT2D eigenvalue weighted by Crippen LogP contribution is 2.31. The molecule has 3 heterocycles. The molecule has 2 aliphatic rings. The second-order valence-electron chi connectivity index (χ2n) is 7.44. The maximum absolute atomic E-state index is 12.7. The molecular weight excluding hydrogens is 438 g/mol. The minimum Gasteiger partial charge on any atom is -0.472 e. The number of hydrogen-bond donors (Lipinski definition) is 1. The quantitative estimate of drug-likeness (QED) is 0.761. The van der Waals surface area contributed by atoms with Crippen LogP contribution < -0.4 is 10.2 Å². The molecule has 1 aromatic heterocycles. The molecule has 1 unspecified atom stereocenters. The van der Waals surface area contributed by atoms with E-state index in [0.717, 1.165) is 10.2 Å². The number of amides is 3. The van der Waals surface area contributed by atoms with Crippen molar-refractivity contribution in [3.8, 4) is 0 Å². The van der Waals surface area contributed by atoms with Crippen LogP contribution >= 0.6 is 15.9 Å². The zero-order valence-electron chi connectivity index (χ0n) is 15.8. The molecule has 0 saturated carbocycles. The van der Waals surface area contributed by atoms with Crippen molar-refractivity contribution >= 4 is 39.3 Å². The molecule has 0 aliphatic carbocycles. The Morgan fingerprint density at radius 1 is 1.14 bits per heavy atom. The van der Waals surface area contributed by atoms with E-state index in [9.17, 15) is 14.4 Å². The van der Waals surface area contributed by atoms with E-state index in [1.807, 2.05) is 24.3 Å². The monoisotopic (exact) mass is 459 g/mol. The SMILES string of the molecule is O=C(NC1CCN(C(=O)c2ccoc2)CC1)C1CC(=O)N(c2ccccc2Br)C1. The topological polar surface area (TPSA) is 82.9 Å². The van der Waals surface area contributed by atoms with Crippen molar-refractivity contribution < 1.29 is 18.8 Å². The van der Waals surface area contributed by atoms with E-state index in [4.69, 9.17) is 4.42 Å². The van der Waals surface area contributed by atoms with Gasteiger partial charge in [0.15, 0.2) is 0 Å². The summed E-state index contributed by atoms with van der Waals surface area (Å²) >= 11 is 3.47. The summed E-state index contributed by atoms with van der Waals surface area (Å²) in [5.41, 5.74) is 1.34. The molecule has 0 bridgehead atoms. The predicted octanol–water partition coefficient (Wildman–Crippen LogP) is 2.82. The molecule has 1 aromatic carbocycles. The second kappa shape index (κ2) is 8.41. The summed E-state index contributed by atoms with van der Waals surface area (Å²) in [5, 5.41) is 3.08. The summed E-state index contributed by atoms with van der Waals surface area (Å²) in [6, 6.07) is 9.19. The highest BCUT2D eigenvalue weighted by Gasteiger charge is 2.37. The fraction of sp³-hybridized carbons (Fsp3) is 0.381. The lowest BCUT2D eigenvalue weighted by Crippen LogP contribution is -2.48. The predicted molar refractivity (Wildman–Crippen MR) is 110 cm³/mol. The van der Waals surface area contributed by atoms with Crippen LogP contribution in [-0.2, 0) is 9.59 Å². The summed E-state index contributed by atoms with van der Waals surface area (Å²) in [5.74, 6) is -0.542. The highest BCUT2D eigenvalue weighted by atomic mass is 79.9. The molecule has 2 aromatic rings. The molecule has 0 spiro atoms. The van der Waals surface area contributed by atoms with Gasteiger partial charge < -0.3 is 19.5 Å². The van der Waals surface area contributed by atoms with Crippen molar-refractivity contribution in [1.29, 1.82) is 0 Å². The first-order valence-corrected chi connectivity index (χ1v) is 10.5. The summed E-state index contributed by atoms with van der Waals surface area (Å²) in [4.78, 5) is 41.0. The Hall–Kier alpha value is -2.61. The lowest BCUT2D eigenvalue weighted by Gasteiger charge is -2.32. The van der Waals surface area contributed by atoms with Gasteiger partial charge in [0.05, 0.1) is 23.4 Å². The van der Waals surface area contributed by atoms with Crippen LogP contribution in [0.1, 0.15) is 29.6 Å². The lowest BCUT2D eigenvalue weighted by molar-refractivity contribution is -0.127. The van der Waals surface area contributed by atoms with Crippen LogP contribution in [0, 0.1) is 5.92 Å². The van der Waals surface area contributed by atoms with Crippen molar-refractivity contribution in [3.05, 3.63) is 52.9 Å². The smallest absolute Gasteiger partial charge is 0.257 e. The van der Waals surface area contributed by atoms with Crippen molar-refractivity contribution in [2.45, 2.75) is 25.3 Å². The number of nitrogens with one attached hydrogen (secondary N) is 1. The Morgan fingerprint density at radius 3 is 2.59 bits per heavy atom. The third kappa shape index (κ3) is 4.22. The number of likely N-dealkylation sites (tertiary alicyclic amines) is 1. The zero-order valence-corrected chi connectivity index (χ0v) is 17.4. The van der Waals surface area contributed by atoms with E-state index in [-0.39, 0.29) is 36.1 Å². The van der Waals surface area contributed by atoms with Crippen LogP contribution in [0.4, 0.5) is 5.69 Å². The van der Waals surface area contributed by atoms with Crippen LogP contribution in [0.2, 0.25) is 0 Å². The molecule has 4 rings (SSSR count). The third-order valence-corrected chi connectivity index (χ3v) is 6.21. The van der Waals surface area contributed by atoms with Gasteiger partial charge in [0.1, 0.15) is 6.26 Å². The molecule has 8 heteroatoms. The van der Waals surface area contributed by atoms with Gasteiger partial charge in [0.25, 0.3) is 5.91 Å². The zero-order chi connectivity index (χ0) is 20.4. The minimum atomic E-state index is -0.361. The number of anilines is 1. The first-order chi connectivity index (χ1) is 14.0.